The summed E-state index contributed by atoms with van der Waals surface area (Å²) < 4.78 is 31.2. The van der Waals surface area contributed by atoms with Gasteiger partial charge in [0.05, 0.1) is 41.6 Å². The summed E-state index contributed by atoms with van der Waals surface area (Å²) in [4.78, 5) is 16.2. The first-order valence-corrected chi connectivity index (χ1v) is 8.31. The van der Waals surface area contributed by atoms with Crippen LogP contribution in [0.15, 0.2) is 36.7 Å². The lowest BCUT2D eigenvalue weighted by atomic mass is 10.2. The fourth-order valence-corrected chi connectivity index (χ4v) is 2.57. The molecule has 0 saturated carbocycles. The summed E-state index contributed by atoms with van der Waals surface area (Å²) in [5, 5.41) is 0.279. The second-order valence-corrected chi connectivity index (χ2v) is 6.07. The fourth-order valence-electron chi connectivity index (χ4n) is 2.43. The van der Waals surface area contributed by atoms with Gasteiger partial charge < -0.3 is 4.74 Å². The lowest BCUT2D eigenvalue weighted by Crippen LogP contribution is -1.94. The van der Waals surface area contributed by atoms with Crippen LogP contribution in [0.5, 0.6) is 5.88 Å². The Morgan fingerprint density at radius 2 is 1.33 bits per heavy atom. The molecule has 0 aliphatic carbocycles. The molecule has 0 fully saturated rings. The van der Waals surface area contributed by atoms with Crippen molar-refractivity contribution >= 4 is 33.7 Å². The van der Waals surface area contributed by atoms with Crippen molar-refractivity contribution in [3.8, 4) is 5.88 Å². The summed E-state index contributed by atoms with van der Waals surface area (Å²) in [5.74, 6) is -0.171. The molecule has 2 aromatic carbocycles. The van der Waals surface area contributed by atoms with Gasteiger partial charge in [-0.25, -0.2) is 23.7 Å². The molecule has 8 heteroatoms. The molecule has 5 nitrogen and oxygen atoms in total. The Kier molecular flexibility index (Phi) is 5.41. The minimum absolute atomic E-state index is 0.278. The first-order valence-electron chi connectivity index (χ1n) is 7.94. The van der Waals surface area contributed by atoms with E-state index in [4.69, 9.17) is 16.3 Å². The number of benzene rings is 2. The molecule has 138 valence electrons. The molecule has 0 aliphatic rings. The van der Waals surface area contributed by atoms with Crippen LogP contribution in [-0.2, 0) is 0 Å². The van der Waals surface area contributed by atoms with Gasteiger partial charge in [-0.1, -0.05) is 11.6 Å². The van der Waals surface area contributed by atoms with Gasteiger partial charge in [0.1, 0.15) is 16.8 Å². The maximum atomic E-state index is 13.2. The summed E-state index contributed by atoms with van der Waals surface area (Å²) in [6.07, 6.45) is 2.96. The smallest absolute Gasteiger partial charge is 0.232 e. The van der Waals surface area contributed by atoms with E-state index in [0.717, 1.165) is 0 Å². The lowest BCUT2D eigenvalue weighted by Gasteiger charge is -2.03. The van der Waals surface area contributed by atoms with Gasteiger partial charge in [-0.05, 0) is 38.1 Å². The molecular formula is C19H15ClF2N4O. The molecule has 0 spiro atoms. The van der Waals surface area contributed by atoms with Gasteiger partial charge in [0.25, 0.3) is 0 Å². The zero-order chi connectivity index (χ0) is 19.6. The van der Waals surface area contributed by atoms with Gasteiger partial charge in [-0.2, -0.15) is 0 Å². The van der Waals surface area contributed by atoms with Gasteiger partial charge in [0, 0.05) is 11.1 Å². The SMILES string of the molecule is COc1cnc2ccc(F)c(C)c2n1.Cc1c(F)ccc2ncc(Cl)nc12. The number of aryl methyl sites for hydroxylation is 2. The number of nitrogens with zero attached hydrogens (tertiary/aromatic N) is 4. The number of hydrogen-bond donors (Lipinski definition) is 0. The van der Waals surface area contributed by atoms with Crippen molar-refractivity contribution in [1.29, 1.82) is 0 Å². The first kappa shape index (κ1) is 18.8. The van der Waals surface area contributed by atoms with Crippen LogP contribution in [0.1, 0.15) is 11.1 Å². The van der Waals surface area contributed by atoms with Crippen LogP contribution in [0.2, 0.25) is 5.15 Å². The maximum absolute atomic E-state index is 13.2. The van der Waals surface area contributed by atoms with Crippen LogP contribution in [0.4, 0.5) is 8.78 Å². The van der Waals surface area contributed by atoms with Crippen LogP contribution in [0.25, 0.3) is 22.1 Å². The molecule has 27 heavy (non-hydrogen) atoms. The van der Waals surface area contributed by atoms with E-state index in [-0.39, 0.29) is 16.8 Å². The van der Waals surface area contributed by atoms with Crippen LogP contribution in [-0.4, -0.2) is 27.0 Å². The third-order valence-corrected chi connectivity index (χ3v) is 4.14. The molecular weight excluding hydrogens is 374 g/mol. The molecule has 0 bridgehead atoms. The molecule has 0 atom stereocenters. The summed E-state index contributed by atoms with van der Waals surface area (Å²) in [7, 11) is 1.50. The van der Waals surface area contributed by atoms with Crippen LogP contribution in [0.3, 0.4) is 0 Å². The van der Waals surface area contributed by atoms with Crippen LogP contribution < -0.4 is 4.74 Å². The van der Waals surface area contributed by atoms with E-state index in [9.17, 15) is 8.78 Å². The highest BCUT2D eigenvalue weighted by atomic mass is 35.5. The summed E-state index contributed by atoms with van der Waals surface area (Å²) in [5.41, 5.74) is 3.37. The quantitative estimate of drug-likeness (QED) is 0.468. The summed E-state index contributed by atoms with van der Waals surface area (Å²) in [6, 6.07) is 5.95. The normalized spacial score (nSPS) is 10.6. The van der Waals surface area contributed by atoms with Crippen molar-refractivity contribution in [1.82, 2.24) is 19.9 Å². The van der Waals surface area contributed by atoms with Gasteiger partial charge in [-0.3, -0.25) is 4.98 Å². The number of methoxy groups -OCH3 is 1. The van der Waals surface area contributed by atoms with Crippen molar-refractivity contribution < 1.29 is 13.5 Å². The van der Waals surface area contributed by atoms with E-state index >= 15 is 0 Å². The third-order valence-electron chi connectivity index (χ3n) is 3.96. The maximum Gasteiger partial charge on any atom is 0.232 e. The van der Waals surface area contributed by atoms with Crippen molar-refractivity contribution in [3.05, 3.63) is 64.6 Å². The minimum atomic E-state index is -0.288. The van der Waals surface area contributed by atoms with E-state index in [1.54, 1.807) is 26.0 Å². The molecule has 0 amide bonds. The van der Waals surface area contributed by atoms with Gasteiger partial charge in [-0.15, -0.1) is 0 Å². The first-order chi connectivity index (χ1) is 12.9. The molecule has 0 unspecified atom stereocenters. The van der Waals surface area contributed by atoms with Gasteiger partial charge >= 0.3 is 0 Å². The molecule has 0 radical (unpaired) electrons. The fraction of sp³-hybridized carbons (Fsp3) is 0.158. The summed E-state index contributed by atoms with van der Waals surface area (Å²) >= 11 is 5.65. The van der Waals surface area contributed by atoms with Gasteiger partial charge in [0.15, 0.2) is 0 Å². The van der Waals surface area contributed by atoms with E-state index in [0.29, 0.717) is 39.1 Å². The second kappa shape index (κ2) is 7.75. The van der Waals surface area contributed by atoms with Crippen LogP contribution >= 0.6 is 11.6 Å². The number of halogens is 3. The highest BCUT2D eigenvalue weighted by Crippen LogP contribution is 2.20. The highest BCUT2D eigenvalue weighted by Gasteiger charge is 2.07. The van der Waals surface area contributed by atoms with E-state index < -0.39 is 0 Å². The predicted octanol–water partition coefficient (Wildman–Crippen LogP) is 4.82. The minimum Gasteiger partial charge on any atom is -0.480 e. The topological polar surface area (TPSA) is 60.8 Å². The average molecular weight is 389 g/mol. The third kappa shape index (κ3) is 3.93. The van der Waals surface area contributed by atoms with Crippen molar-refractivity contribution in [2.75, 3.05) is 7.11 Å². The Bertz CT molecular complexity index is 1130. The van der Waals surface area contributed by atoms with Crippen molar-refractivity contribution in [3.63, 3.8) is 0 Å². The molecule has 0 aliphatic heterocycles. The van der Waals surface area contributed by atoms with Crippen molar-refractivity contribution in [2.24, 2.45) is 0 Å². The number of ether oxygens (including phenoxy) is 1. The zero-order valence-corrected chi connectivity index (χ0v) is 15.6. The number of rotatable bonds is 1. The Morgan fingerprint density at radius 3 is 1.89 bits per heavy atom. The highest BCUT2D eigenvalue weighted by molar-refractivity contribution is 6.29. The Labute approximate surface area is 159 Å². The molecule has 4 rings (SSSR count). The lowest BCUT2D eigenvalue weighted by molar-refractivity contribution is 0.397. The number of aromatic nitrogens is 4. The Morgan fingerprint density at radius 1 is 0.815 bits per heavy atom. The molecule has 2 aromatic heterocycles. The molecule has 4 aromatic rings. The molecule has 0 saturated heterocycles. The largest absolute Gasteiger partial charge is 0.480 e. The second-order valence-electron chi connectivity index (χ2n) is 5.69. The van der Waals surface area contributed by atoms with E-state index in [1.807, 2.05) is 0 Å². The monoisotopic (exact) mass is 388 g/mol. The standard InChI is InChI=1S/C10H9FN2O.C9H6ClFN2/c1-6-7(11)3-4-8-10(6)13-9(14-2)5-12-8;1-5-6(11)2-3-7-9(5)13-8(10)4-12-7/h3-5H,1-2H3;2-4H,1H3. The van der Waals surface area contributed by atoms with Crippen LogP contribution in [0, 0.1) is 25.5 Å². The van der Waals surface area contributed by atoms with E-state index in [1.165, 1.54) is 31.6 Å². The zero-order valence-electron chi connectivity index (χ0n) is 14.8. The van der Waals surface area contributed by atoms with E-state index in [2.05, 4.69) is 19.9 Å². The number of hydrogen-bond acceptors (Lipinski definition) is 5. The summed E-state index contributed by atoms with van der Waals surface area (Å²) in [6.45, 7) is 3.33. The Balaban J connectivity index is 0.000000156. The van der Waals surface area contributed by atoms with Crippen molar-refractivity contribution in [2.45, 2.75) is 13.8 Å². The number of fused-ring (bicyclic) bond motifs is 2. The molecule has 2 heterocycles. The Hall–Kier alpha value is -2.93. The average Bonchev–Trinajstić information content (AvgIpc) is 2.68. The molecule has 0 N–H and O–H groups in total. The predicted molar refractivity (Wildman–Crippen MR) is 100 cm³/mol. The van der Waals surface area contributed by atoms with Gasteiger partial charge in [0.2, 0.25) is 5.88 Å².